The first-order valence-electron chi connectivity index (χ1n) is 11.1. The van der Waals surface area contributed by atoms with E-state index >= 15 is 0 Å². The summed E-state index contributed by atoms with van der Waals surface area (Å²) < 4.78 is 0. The fourth-order valence-corrected chi connectivity index (χ4v) is 5.13. The molecule has 0 aromatic heterocycles. The van der Waals surface area contributed by atoms with Crippen LogP contribution >= 0.6 is 23.2 Å². The predicted molar refractivity (Wildman–Crippen MR) is 129 cm³/mol. The zero-order valence-electron chi connectivity index (χ0n) is 19.0. The van der Waals surface area contributed by atoms with Crippen LogP contribution in [0, 0.1) is 24.7 Å². The van der Waals surface area contributed by atoms with E-state index in [0.29, 0.717) is 17.0 Å². The van der Waals surface area contributed by atoms with Crippen LogP contribution in [-0.2, 0) is 9.59 Å². The van der Waals surface area contributed by atoms with Crippen LogP contribution in [0.15, 0.2) is 54.6 Å². The van der Waals surface area contributed by atoms with Gasteiger partial charge in [-0.1, -0.05) is 72.1 Å². The number of hydrazine groups is 1. The Morgan fingerprint density at radius 3 is 2.35 bits per heavy atom. The van der Waals surface area contributed by atoms with Crippen LogP contribution in [0.4, 0.5) is 0 Å². The molecule has 2 aliphatic rings. The lowest BCUT2D eigenvalue weighted by Crippen LogP contribution is -2.56. The molecule has 1 aliphatic carbocycles. The van der Waals surface area contributed by atoms with Crippen LogP contribution in [0.2, 0.25) is 10.0 Å². The highest BCUT2D eigenvalue weighted by molar-refractivity contribution is 6.36. The lowest BCUT2D eigenvalue weighted by molar-refractivity contribution is -0.156. The van der Waals surface area contributed by atoms with Crippen molar-refractivity contribution < 1.29 is 19.2 Å². The van der Waals surface area contributed by atoms with Gasteiger partial charge in [-0.05, 0) is 44.4 Å². The fraction of sp³-hybridized carbons (Fsp3) is 0.308. The van der Waals surface area contributed by atoms with Crippen LogP contribution in [0.3, 0.4) is 0 Å². The minimum Gasteiger partial charge on any atom is -0.292 e. The number of benzene rings is 2. The average Bonchev–Trinajstić information content (AvgIpc) is 3.05. The zero-order valence-corrected chi connectivity index (χ0v) is 20.5. The van der Waals surface area contributed by atoms with Crippen molar-refractivity contribution in [3.05, 3.63) is 81.4 Å². The molecule has 0 spiro atoms. The van der Waals surface area contributed by atoms with Gasteiger partial charge in [0.05, 0.1) is 22.4 Å². The van der Waals surface area contributed by atoms with E-state index < -0.39 is 41.4 Å². The molecule has 1 heterocycles. The van der Waals surface area contributed by atoms with Crippen molar-refractivity contribution in [3.63, 3.8) is 0 Å². The monoisotopic (exact) mass is 498 g/mol. The Kier molecular flexibility index (Phi) is 6.65. The molecule has 6 nitrogen and oxygen atoms in total. The van der Waals surface area contributed by atoms with Crippen LogP contribution in [0.25, 0.3) is 0 Å². The van der Waals surface area contributed by atoms with E-state index in [1.807, 2.05) is 26.0 Å². The number of carbonyl (C=O) groups excluding carboxylic acids is 4. The Balaban J connectivity index is 1.79. The molecule has 34 heavy (non-hydrogen) atoms. The third-order valence-corrected chi connectivity index (χ3v) is 7.06. The van der Waals surface area contributed by atoms with Gasteiger partial charge in [-0.15, -0.1) is 0 Å². The SMILES string of the molecule is Cc1ccc(C(=O)[C@H](C)N(C(=O)c2ccc(Cl)cc2Cl)N2C(=O)[C@H]3[C@@H](C)C=CC[C@H]3C2=O)cc1. The highest BCUT2D eigenvalue weighted by atomic mass is 35.5. The van der Waals surface area contributed by atoms with E-state index in [0.717, 1.165) is 15.6 Å². The van der Waals surface area contributed by atoms with Crippen LogP contribution in [-0.4, -0.2) is 39.6 Å². The topological polar surface area (TPSA) is 74.8 Å². The van der Waals surface area contributed by atoms with Crippen LogP contribution in [0.5, 0.6) is 0 Å². The van der Waals surface area contributed by atoms with E-state index in [1.165, 1.54) is 25.1 Å². The third-order valence-electron chi connectivity index (χ3n) is 6.52. The number of amides is 3. The van der Waals surface area contributed by atoms with Gasteiger partial charge in [0, 0.05) is 10.6 Å². The molecule has 4 rings (SSSR count). The maximum absolute atomic E-state index is 13.8. The molecule has 0 N–H and O–H groups in total. The van der Waals surface area contributed by atoms with Gasteiger partial charge < -0.3 is 0 Å². The summed E-state index contributed by atoms with van der Waals surface area (Å²) in [5.41, 5.74) is 1.38. The maximum Gasteiger partial charge on any atom is 0.275 e. The number of allylic oxidation sites excluding steroid dienone is 2. The second kappa shape index (κ2) is 9.35. The number of fused-ring (bicyclic) bond motifs is 1. The molecule has 1 fully saturated rings. The maximum atomic E-state index is 13.8. The van der Waals surface area contributed by atoms with Crippen LogP contribution in [0.1, 0.15) is 46.5 Å². The Morgan fingerprint density at radius 2 is 1.74 bits per heavy atom. The average molecular weight is 499 g/mol. The Hall–Kier alpha value is -2.96. The molecule has 3 amide bonds. The van der Waals surface area contributed by atoms with Crippen molar-refractivity contribution in [2.24, 2.45) is 17.8 Å². The standard InChI is InChI=1S/C26H24Cl2N2O4/c1-14-7-9-17(10-8-14)23(31)16(3)29(24(32)19-12-11-18(27)13-21(19)28)30-25(33)20-6-4-5-15(2)22(20)26(30)34/h4-5,7-13,15-16,20,22H,6H2,1-3H3/t15-,16-,20+,22-/m0/s1. The number of halogens is 2. The molecule has 4 atom stereocenters. The number of nitrogens with zero attached hydrogens (tertiary/aromatic N) is 2. The van der Waals surface area contributed by atoms with Crippen molar-refractivity contribution in [2.45, 2.75) is 33.2 Å². The second-order valence-corrected chi connectivity index (χ2v) is 9.67. The molecule has 176 valence electrons. The van der Waals surface area contributed by atoms with Gasteiger partial charge in [0.2, 0.25) is 0 Å². The molecular weight excluding hydrogens is 475 g/mol. The van der Waals surface area contributed by atoms with E-state index in [4.69, 9.17) is 23.2 Å². The number of ketones is 1. The quantitative estimate of drug-likeness (QED) is 0.325. The summed E-state index contributed by atoms with van der Waals surface area (Å²) in [7, 11) is 0. The molecular formula is C26H24Cl2N2O4. The molecule has 2 aromatic carbocycles. The second-order valence-electron chi connectivity index (χ2n) is 8.82. The van der Waals surface area contributed by atoms with Gasteiger partial charge in [0.25, 0.3) is 17.7 Å². The smallest absolute Gasteiger partial charge is 0.275 e. The normalized spacial score (nSPS) is 22.5. The molecule has 0 unspecified atom stereocenters. The van der Waals surface area contributed by atoms with E-state index in [9.17, 15) is 19.2 Å². The summed E-state index contributed by atoms with van der Waals surface area (Å²) in [6, 6.07) is 10.1. The molecule has 2 aromatic rings. The number of imide groups is 1. The highest BCUT2D eigenvalue weighted by Crippen LogP contribution is 2.40. The summed E-state index contributed by atoms with van der Waals surface area (Å²) in [5, 5.41) is 2.22. The van der Waals surface area contributed by atoms with Crippen molar-refractivity contribution in [1.29, 1.82) is 0 Å². The first-order valence-corrected chi connectivity index (χ1v) is 11.8. The summed E-state index contributed by atoms with van der Waals surface area (Å²) in [6.07, 6.45) is 4.18. The number of rotatable bonds is 5. The first-order chi connectivity index (χ1) is 16.1. The number of hydrogen-bond donors (Lipinski definition) is 0. The van der Waals surface area contributed by atoms with E-state index in [1.54, 1.807) is 24.3 Å². The van der Waals surface area contributed by atoms with Gasteiger partial charge in [-0.3, -0.25) is 19.2 Å². The van der Waals surface area contributed by atoms with Gasteiger partial charge in [0.1, 0.15) is 6.04 Å². The van der Waals surface area contributed by atoms with E-state index in [2.05, 4.69) is 0 Å². The summed E-state index contributed by atoms with van der Waals surface area (Å²) in [4.78, 5) is 54.1. The van der Waals surface area contributed by atoms with Gasteiger partial charge in [0.15, 0.2) is 5.78 Å². The van der Waals surface area contributed by atoms with Crippen molar-refractivity contribution in [3.8, 4) is 0 Å². The van der Waals surface area contributed by atoms with Crippen molar-refractivity contribution in [1.82, 2.24) is 10.0 Å². The Bertz CT molecular complexity index is 1210. The minimum atomic E-state index is -1.14. The fourth-order valence-electron chi connectivity index (χ4n) is 4.64. The number of hydrogen-bond acceptors (Lipinski definition) is 4. The number of Topliss-reactive ketones (excluding diaryl/α,β-unsaturated/α-hetero) is 1. The largest absolute Gasteiger partial charge is 0.292 e. The molecule has 8 heteroatoms. The summed E-state index contributed by atoms with van der Waals surface area (Å²) in [5.74, 6) is -3.45. The van der Waals surface area contributed by atoms with Crippen LogP contribution < -0.4 is 0 Å². The first kappa shape index (κ1) is 24.2. The van der Waals surface area contributed by atoms with E-state index in [-0.39, 0.29) is 16.5 Å². The van der Waals surface area contributed by atoms with Crippen molar-refractivity contribution >= 4 is 46.7 Å². The molecule has 1 aliphatic heterocycles. The zero-order chi connectivity index (χ0) is 24.7. The van der Waals surface area contributed by atoms with Gasteiger partial charge in [-0.2, -0.15) is 5.01 Å². The number of aryl methyl sites for hydroxylation is 1. The lowest BCUT2D eigenvalue weighted by Gasteiger charge is -2.35. The lowest BCUT2D eigenvalue weighted by atomic mass is 9.78. The Labute approximate surface area is 208 Å². The van der Waals surface area contributed by atoms with Gasteiger partial charge in [-0.25, -0.2) is 5.01 Å². The Morgan fingerprint density at radius 1 is 1.06 bits per heavy atom. The van der Waals surface area contributed by atoms with Crippen molar-refractivity contribution in [2.75, 3.05) is 0 Å². The summed E-state index contributed by atoms with van der Waals surface area (Å²) >= 11 is 12.3. The third kappa shape index (κ3) is 4.17. The van der Waals surface area contributed by atoms with Gasteiger partial charge >= 0.3 is 0 Å². The number of carbonyl (C=O) groups is 4. The summed E-state index contributed by atoms with van der Waals surface area (Å²) in [6.45, 7) is 5.27. The molecule has 0 radical (unpaired) electrons. The molecule has 1 saturated heterocycles. The molecule has 0 bridgehead atoms. The predicted octanol–water partition coefficient (Wildman–Crippen LogP) is 5.13. The highest BCUT2D eigenvalue weighted by Gasteiger charge is 2.54. The minimum absolute atomic E-state index is 0.0382. The molecule has 0 saturated carbocycles.